The van der Waals surface area contributed by atoms with Crippen molar-refractivity contribution >= 4 is 21.8 Å². The number of aryl methyl sites for hydroxylation is 1. The van der Waals surface area contributed by atoms with Crippen molar-refractivity contribution in [2.45, 2.75) is 13.0 Å². The highest BCUT2D eigenvalue weighted by molar-refractivity contribution is 9.10. The summed E-state index contributed by atoms with van der Waals surface area (Å²) in [6.07, 6.45) is 0. The predicted octanol–water partition coefficient (Wildman–Crippen LogP) is 2.81. The van der Waals surface area contributed by atoms with Crippen molar-refractivity contribution in [2.75, 3.05) is 6.61 Å². The smallest absolute Gasteiger partial charge is 0.287 e. The molecule has 100 valence electrons. The van der Waals surface area contributed by atoms with E-state index in [0.29, 0.717) is 4.67 Å². The SMILES string of the molecule is Cc1cc(Br)oc1C(=O)NC(CO)c1ccccc1. The first-order valence-corrected chi connectivity index (χ1v) is 6.63. The first-order chi connectivity index (χ1) is 9.11. The Morgan fingerprint density at radius 2 is 2.11 bits per heavy atom. The molecule has 2 aromatic rings. The molecule has 0 aliphatic carbocycles. The fourth-order valence-electron chi connectivity index (χ4n) is 1.81. The van der Waals surface area contributed by atoms with E-state index in [4.69, 9.17) is 4.42 Å². The molecule has 1 amide bonds. The Morgan fingerprint density at radius 1 is 1.42 bits per heavy atom. The highest BCUT2D eigenvalue weighted by atomic mass is 79.9. The van der Waals surface area contributed by atoms with Crippen LogP contribution in [0.25, 0.3) is 0 Å². The van der Waals surface area contributed by atoms with E-state index in [-0.39, 0.29) is 18.3 Å². The second kappa shape index (κ2) is 6.04. The van der Waals surface area contributed by atoms with E-state index in [0.717, 1.165) is 11.1 Å². The van der Waals surface area contributed by atoms with Crippen molar-refractivity contribution < 1.29 is 14.3 Å². The largest absolute Gasteiger partial charge is 0.444 e. The zero-order valence-corrected chi connectivity index (χ0v) is 12.0. The van der Waals surface area contributed by atoms with E-state index in [9.17, 15) is 9.90 Å². The van der Waals surface area contributed by atoms with E-state index in [1.54, 1.807) is 13.0 Å². The molecule has 1 atom stereocenters. The summed E-state index contributed by atoms with van der Waals surface area (Å²) in [5, 5.41) is 12.1. The van der Waals surface area contributed by atoms with Gasteiger partial charge >= 0.3 is 0 Å². The lowest BCUT2D eigenvalue weighted by atomic mass is 10.1. The Hall–Kier alpha value is -1.59. The minimum atomic E-state index is -0.447. The van der Waals surface area contributed by atoms with E-state index in [1.807, 2.05) is 30.3 Å². The van der Waals surface area contributed by atoms with Crippen molar-refractivity contribution in [3.63, 3.8) is 0 Å². The van der Waals surface area contributed by atoms with E-state index in [1.165, 1.54) is 0 Å². The lowest BCUT2D eigenvalue weighted by Crippen LogP contribution is -2.30. The van der Waals surface area contributed by atoms with Gasteiger partial charge in [0.05, 0.1) is 12.6 Å². The molecule has 0 fully saturated rings. The van der Waals surface area contributed by atoms with Gasteiger partial charge in [0.2, 0.25) is 0 Å². The number of hydrogen-bond acceptors (Lipinski definition) is 3. The van der Waals surface area contributed by atoms with Gasteiger partial charge in [0, 0.05) is 5.56 Å². The van der Waals surface area contributed by atoms with Crippen LogP contribution < -0.4 is 5.32 Å². The average Bonchev–Trinajstić information content (AvgIpc) is 2.76. The molecule has 0 saturated carbocycles. The molecule has 1 heterocycles. The number of benzene rings is 1. The lowest BCUT2D eigenvalue weighted by molar-refractivity contribution is 0.0886. The van der Waals surface area contributed by atoms with Gasteiger partial charge in [-0.2, -0.15) is 0 Å². The molecule has 0 aliphatic heterocycles. The summed E-state index contributed by atoms with van der Waals surface area (Å²) in [4.78, 5) is 12.1. The van der Waals surface area contributed by atoms with Crippen LogP contribution in [0.15, 0.2) is 45.5 Å². The van der Waals surface area contributed by atoms with Gasteiger partial charge in [0.15, 0.2) is 10.4 Å². The van der Waals surface area contributed by atoms with Crippen molar-refractivity contribution in [3.8, 4) is 0 Å². The third-order valence-corrected chi connectivity index (χ3v) is 3.17. The van der Waals surface area contributed by atoms with Gasteiger partial charge in [-0.15, -0.1) is 0 Å². The topological polar surface area (TPSA) is 62.5 Å². The molecule has 1 aromatic heterocycles. The van der Waals surface area contributed by atoms with E-state index >= 15 is 0 Å². The second-order valence-electron chi connectivity index (χ2n) is 4.18. The summed E-state index contributed by atoms with van der Waals surface area (Å²) in [5.74, 6) is -0.0904. The van der Waals surface area contributed by atoms with Crippen molar-refractivity contribution in [1.82, 2.24) is 5.32 Å². The minimum absolute atomic E-state index is 0.170. The summed E-state index contributed by atoms with van der Waals surface area (Å²) < 4.78 is 5.79. The standard InChI is InChI=1S/C14H14BrNO3/c1-9-7-12(15)19-13(9)14(18)16-11(8-17)10-5-3-2-4-6-10/h2-7,11,17H,8H2,1H3,(H,16,18). The van der Waals surface area contributed by atoms with Crippen LogP contribution in [0.2, 0.25) is 0 Å². The van der Waals surface area contributed by atoms with Gasteiger partial charge in [0.25, 0.3) is 5.91 Å². The van der Waals surface area contributed by atoms with Crippen molar-refractivity contribution in [3.05, 3.63) is 58.0 Å². The number of carbonyl (C=O) groups excluding carboxylic acids is 1. The number of furan rings is 1. The molecule has 1 aromatic carbocycles. The van der Waals surface area contributed by atoms with Crippen LogP contribution in [-0.4, -0.2) is 17.6 Å². The molecule has 0 spiro atoms. The number of nitrogens with one attached hydrogen (secondary N) is 1. The zero-order chi connectivity index (χ0) is 13.8. The lowest BCUT2D eigenvalue weighted by Gasteiger charge is -2.16. The minimum Gasteiger partial charge on any atom is -0.444 e. The molecule has 0 bridgehead atoms. The van der Waals surface area contributed by atoms with E-state index in [2.05, 4.69) is 21.2 Å². The van der Waals surface area contributed by atoms with Gasteiger partial charge in [0.1, 0.15) is 0 Å². The molecule has 4 nitrogen and oxygen atoms in total. The Labute approximate surface area is 119 Å². The Bertz CT molecular complexity index is 565. The van der Waals surface area contributed by atoms with Gasteiger partial charge in [-0.1, -0.05) is 30.3 Å². The maximum Gasteiger partial charge on any atom is 0.287 e. The number of aliphatic hydroxyl groups excluding tert-OH is 1. The van der Waals surface area contributed by atoms with Gasteiger partial charge < -0.3 is 14.8 Å². The van der Waals surface area contributed by atoms with Crippen LogP contribution in [-0.2, 0) is 0 Å². The first kappa shape index (κ1) is 13.8. The first-order valence-electron chi connectivity index (χ1n) is 5.84. The molecule has 0 radical (unpaired) electrons. The fourth-order valence-corrected chi connectivity index (χ4v) is 2.32. The molecule has 2 N–H and O–H groups in total. The summed E-state index contributed by atoms with van der Waals surface area (Å²) >= 11 is 3.18. The third kappa shape index (κ3) is 3.24. The molecular formula is C14H14BrNO3. The number of rotatable bonds is 4. The van der Waals surface area contributed by atoms with Crippen LogP contribution in [0.3, 0.4) is 0 Å². The number of aliphatic hydroxyl groups is 1. The Balaban J connectivity index is 2.15. The molecule has 19 heavy (non-hydrogen) atoms. The fraction of sp³-hybridized carbons (Fsp3) is 0.214. The maximum absolute atomic E-state index is 12.1. The Kier molecular flexibility index (Phi) is 4.39. The van der Waals surface area contributed by atoms with Gasteiger partial charge in [-0.3, -0.25) is 4.79 Å². The summed E-state index contributed by atoms with van der Waals surface area (Å²) in [7, 11) is 0. The van der Waals surface area contributed by atoms with Crippen LogP contribution in [0.5, 0.6) is 0 Å². The third-order valence-electron chi connectivity index (χ3n) is 2.78. The zero-order valence-electron chi connectivity index (χ0n) is 10.4. The summed E-state index contributed by atoms with van der Waals surface area (Å²) in [5.41, 5.74) is 1.59. The Morgan fingerprint density at radius 3 is 2.63 bits per heavy atom. The number of halogens is 1. The van der Waals surface area contributed by atoms with Crippen LogP contribution >= 0.6 is 15.9 Å². The van der Waals surface area contributed by atoms with Crippen LogP contribution in [0.4, 0.5) is 0 Å². The summed E-state index contributed by atoms with van der Waals surface area (Å²) in [6.45, 7) is 1.62. The molecule has 0 aliphatic rings. The quantitative estimate of drug-likeness (QED) is 0.909. The normalized spacial score (nSPS) is 12.2. The maximum atomic E-state index is 12.1. The van der Waals surface area contributed by atoms with Gasteiger partial charge in [-0.05, 0) is 34.5 Å². The summed E-state index contributed by atoms with van der Waals surface area (Å²) in [6, 6.07) is 10.6. The second-order valence-corrected chi connectivity index (χ2v) is 4.96. The van der Waals surface area contributed by atoms with Crippen LogP contribution in [0, 0.1) is 6.92 Å². The van der Waals surface area contributed by atoms with Crippen molar-refractivity contribution in [2.24, 2.45) is 0 Å². The molecule has 5 heteroatoms. The highest BCUT2D eigenvalue weighted by Gasteiger charge is 2.19. The van der Waals surface area contributed by atoms with Gasteiger partial charge in [-0.25, -0.2) is 0 Å². The van der Waals surface area contributed by atoms with Crippen LogP contribution in [0.1, 0.15) is 27.7 Å². The average molecular weight is 324 g/mol. The molecule has 2 rings (SSSR count). The monoisotopic (exact) mass is 323 g/mol. The van der Waals surface area contributed by atoms with E-state index < -0.39 is 6.04 Å². The molecular weight excluding hydrogens is 310 g/mol. The van der Waals surface area contributed by atoms with Crippen molar-refractivity contribution in [1.29, 1.82) is 0 Å². The molecule has 1 unspecified atom stereocenters. The number of amides is 1. The number of carbonyl (C=O) groups is 1. The molecule has 0 saturated heterocycles. The number of hydrogen-bond donors (Lipinski definition) is 2. The predicted molar refractivity (Wildman–Crippen MR) is 74.9 cm³/mol. The highest BCUT2D eigenvalue weighted by Crippen LogP contribution is 2.20.